The molecule has 0 bridgehead atoms. The molecule has 4 rings (SSSR count). The Hall–Kier alpha value is -3.56. The number of pyridine rings is 2. The van der Waals surface area contributed by atoms with Crippen molar-refractivity contribution in [2.24, 2.45) is 5.73 Å². The molecule has 0 radical (unpaired) electrons. The zero-order valence-electron chi connectivity index (χ0n) is 18.9. The topological polar surface area (TPSA) is 116 Å². The van der Waals surface area contributed by atoms with Crippen LogP contribution >= 0.6 is 0 Å². The number of aliphatic hydroxyl groups excluding tert-OH is 1. The number of rotatable bonds is 9. The van der Waals surface area contributed by atoms with E-state index in [0.717, 1.165) is 11.3 Å². The van der Waals surface area contributed by atoms with Gasteiger partial charge in [-0.15, -0.1) is 0 Å². The third kappa shape index (κ3) is 6.06. The fourth-order valence-electron chi connectivity index (χ4n) is 3.92. The molecule has 0 unspecified atom stereocenters. The first-order chi connectivity index (χ1) is 16.5. The summed E-state index contributed by atoms with van der Waals surface area (Å²) in [7, 11) is 0. The minimum Gasteiger partial charge on any atom is -0.391 e. The van der Waals surface area contributed by atoms with Crippen molar-refractivity contribution in [1.82, 2.24) is 15.3 Å². The number of hydrogen-bond donors (Lipinski definition) is 4. The lowest BCUT2D eigenvalue weighted by atomic mass is 10.1. The van der Waals surface area contributed by atoms with Crippen LogP contribution in [0.5, 0.6) is 0 Å². The highest BCUT2D eigenvalue weighted by atomic mass is 19.1. The summed E-state index contributed by atoms with van der Waals surface area (Å²) in [6.45, 7) is 2.27. The van der Waals surface area contributed by atoms with E-state index in [2.05, 4.69) is 20.6 Å². The third-order valence-electron chi connectivity index (χ3n) is 5.71. The first-order valence-electron chi connectivity index (χ1n) is 11.4. The molecule has 1 atom stereocenters. The maximum absolute atomic E-state index is 13.5. The van der Waals surface area contributed by atoms with Crippen LogP contribution in [0.25, 0.3) is 0 Å². The minimum atomic E-state index is -0.383. The number of carbonyl (C=O) groups is 1. The standard InChI is InChI=1S/C25H29FN6O2/c26-18-4-1-3-17(13-18)9-11-28-24-22(7-8-23(31-24)32-12-10-21(33)16-32)25(34)29-15-20-6-2-5-19(14-27)30-20/h1-8,13,21,33H,9-12,14-16,27H2,(H,28,31)(H,29,34)/t21-/m0/s1. The Morgan fingerprint density at radius 1 is 1.15 bits per heavy atom. The van der Waals surface area contributed by atoms with E-state index in [4.69, 9.17) is 5.73 Å². The summed E-state index contributed by atoms with van der Waals surface area (Å²) in [5, 5.41) is 16.0. The number of hydrogen-bond acceptors (Lipinski definition) is 7. The Balaban J connectivity index is 1.48. The summed E-state index contributed by atoms with van der Waals surface area (Å²) >= 11 is 0. The SMILES string of the molecule is NCc1cccc(CNC(=O)c2ccc(N3CC[C@H](O)C3)nc2NCCc2cccc(F)c2)n1. The van der Waals surface area contributed by atoms with E-state index in [-0.39, 0.29) is 24.4 Å². The molecule has 1 amide bonds. The number of nitrogens with zero attached hydrogens (tertiary/aromatic N) is 3. The molecule has 1 aromatic carbocycles. The second-order valence-electron chi connectivity index (χ2n) is 8.27. The fraction of sp³-hybridized carbons (Fsp3) is 0.320. The van der Waals surface area contributed by atoms with Crippen LogP contribution in [0.3, 0.4) is 0 Å². The van der Waals surface area contributed by atoms with Gasteiger partial charge in [0.25, 0.3) is 5.91 Å². The van der Waals surface area contributed by atoms with Gasteiger partial charge in [-0.2, -0.15) is 0 Å². The zero-order valence-corrected chi connectivity index (χ0v) is 18.9. The molecule has 178 valence electrons. The van der Waals surface area contributed by atoms with Gasteiger partial charge in [-0.05, 0) is 54.8 Å². The number of aliphatic hydroxyl groups is 1. The number of β-amino-alcohol motifs (C(OH)–C–C–N with tert-alkyl or cyclic N) is 1. The summed E-state index contributed by atoms with van der Waals surface area (Å²) in [6.07, 6.45) is 0.871. The maximum atomic E-state index is 13.5. The van der Waals surface area contributed by atoms with Crippen molar-refractivity contribution >= 4 is 17.5 Å². The number of amides is 1. The molecule has 9 heteroatoms. The van der Waals surface area contributed by atoms with E-state index in [0.29, 0.717) is 61.9 Å². The normalized spacial score (nSPS) is 15.4. The largest absolute Gasteiger partial charge is 0.391 e. The molecule has 1 aliphatic rings. The van der Waals surface area contributed by atoms with Crippen LogP contribution in [0.2, 0.25) is 0 Å². The van der Waals surface area contributed by atoms with E-state index < -0.39 is 0 Å². The van der Waals surface area contributed by atoms with Crippen molar-refractivity contribution in [3.8, 4) is 0 Å². The van der Waals surface area contributed by atoms with Gasteiger partial charge in [0.05, 0.1) is 29.6 Å². The highest BCUT2D eigenvalue weighted by Crippen LogP contribution is 2.23. The highest BCUT2D eigenvalue weighted by molar-refractivity contribution is 5.99. The number of carbonyl (C=O) groups excluding carboxylic acids is 1. The van der Waals surface area contributed by atoms with Crippen molar-refractivity contribution in [1.29, 1.82) is 0 Å². The average Bonchev–Trinajstić information content (AvgIpc) is 3.29. The number of anilines is 2. The van der Waals surface area contributed by atoms with Crippen LogP contribution in [0.1, 0.15) is 33.7 Å². The van der Waals surface area contributed by atoms with Gasteiger partial charge in [0.2, 0.25) is 0 Å². The van der Waals surface area contributed by atoms with Gasteiger partial charge in [0.1, 0.15) is 17.5 Å². The smallest absolute Gasteiger partial charge is 0.255 e. The van der Waals surface area contributed by atoms with E-state index in [1.54, 1.807) is 18.2 Å². The van der Waals surface area contributed by atoms with Crippen molar-refractivity contribution in [2.75, 3.05) is 29.9 Å². The molecule has 0 saturated carbocycles. The van der Waals surface area contributed by atoms with Crippen molar-refractivity contribution in [3.05, 3.63) is 82.9 Å². The molecule has 1 fully saturated rings. The van der Waals surface area contributed by atoms with Gasteiger partial charge < -0.3 is 26.4 Å². The lowest BCUT2D eigenvalue weighted by Gasteiger charge is -2.19. The van der Waals surface area contributed by atoms with Crippen LogP contribution in [0.15, 0.2) is 54.6 Å². The van der Waals surface area contributed by atoms with Gasteiger partial charge >= 0.3 is 0 Å². The molecule has 1 aliphatic heterocycles. The minimum absolute atomic E-state index is 0.259. The summed E-state index contributed by atoms with van der Waals surface area (Å²) in [5.74, 6) is 0.571. The monoisotopic (exact) mass is 464 g/mol. The highest BCUT2D eigenvalue weighted by Gasteiger charge is 2.23. The first kappa shape index (κ1) is 23.6. The van der Waals surface area contributed by atoms with E-state index in [1.807, 2.05) is 29.2 Å². The van der Waals surface area contributed by atoms with Crippen LogP contribution in [0, 0.1) is 5.82 Å². The third-order valence-corrected chi connectivity index (χ3v) is 5.71. The average molecular weight is 465 g/mol. The van der Waals surface area contributed by atoms with Crippen molar-refractivity contribution in [2.45, 2.75) is 32.0 Å². The van der Waals surface area contributed by atoms with Crippen LogP contribution in [-0.2, 0) is 19.5 Å². The lowest BCUT2D eigenvalue weighted by molar-refractivity contribution is 0.0951. The lowest BCUT2D eigenvalue weighted by Crippen LogP contribution is -2.27. The molecule has 1 saturated heterocycles. The van der Waals surface area contributed by atoms with Gasteiger partial charge in [-0.1, -0.05) is 18.2 Å². The molecule has 34 heavy (non-hydrogen) atoms. The Bertz CT molecular complexity index is 1140. The summed E-state index contributed by atoms with van der Waals surface area (Å²) in [6, 6.07) is 15.5. The Kier molecular flexibility index (Phi) is 7.66. The van der Waals surface area contributed by atoms with E-state index in [9.17, 15) is 14.3 Å². The Labute approximate surface area is 198 Å². The second kappa shape index (κ2) is 11.0. The van der Waals surface area contributed by atoms with Gasteiger partial charge in [-0.3, -0.25) is 9.78 Å². The number of nitrogens with two attached hydrogens (primary N) is 1. The summed E-state index contributed by atoms with van der Waals surface area (Å²) in [4.78, 5) is 24.1. The van der Waals surface area contributed by atoms with Crippen LogP contribution in [-0.4, -0.2) is 46.7 Å². The molecule has 3 aromatic rings. The predicted molar refractivity (Wildman–Crippen MR) is 129 cm³/mol. The molecule has 2 aromatic heterocycles. The van der Waals surface area contributed by atoms with Crippen LogP contribution in [0.4, 0.5) is 16.0 Å². The first-order valence-corrected chi connectivity index (χ1v) is 11.4. The number of nitrogens with one attached hydrogen (secondary N) is 2. The maximum Gasteiger partial charge on any atom is 0.255 e. The van der Waals surface area contributed by atoms with Gasteiger partial charge in [0.15, 0.2) is 0 Å². The Morgan fingerprint density at radius 2 is 1.97 bits per heavy atom. The van der Waals surface area contributed by atoms with E-state index in [1.165, 1.54) is 12.1 Å². The van der Waals surface area contributed by atoms with Gasteiger partial charge in [0, 0.05) is 26.2 Å². The quantitative estimate of drug-likeness (QED) is 0.384. The zero-order chi connectivity index (χ0) is 23.9. The summed E-state index contributed by atoms with van der Waals surface area (Å²) < 4.78 is 13.5. The Morgan fingerprint density at radius 3 is 2.74 bits per heavy atom. The summed E-state index contributed by atoms with van der Waals surface area (Å²) in [5.41, 5.74) is 8.37. The fourth-order valence-corrected chi connectivity index (χ4v) is 3.92. The van der Waals surface area contributed by atoms with Crippen LogP contribution < -0.4 is 21.3 Å². The van der Waals surface area contributed by atoms with E-state index >= 15 is 0 Å². The molecule has 3 heterocycles. The van der Waals surface area contributed by atoms with Crippen molar-refractivity contribution in [3.63, 3.8) is 0 Å². The van der Waals surface area contributed by atoms with Gasteiger partial charge in [-0.25, -0.2) is 9.37 Å². The molecular formula is C25H29FN6O2. The molecule has 8 nitrogen and oxygen atoms in total. The molecule has 0 aliphatic carbocycles. The number of aromatic nitrogens is 2. The number of benzene rings is 1. The number of halogens is 1. The molecule has 5 N–H and O–H groups in total. The predicted octanol–water partition coefficient (Wildman–Crippen LogP) is 2.23. The molecular weight excluding hydrogens is 435 g/mol. The van der Waals surface area contributed by atoms with Crippen molar-refractivity contribution < 1.29 is 14.3 Å². The second-order valence-corrected chi connectivity index (χ2v) is 8.27. The molecule has 0 spiro atoms.